The molecule has 0 aliphatic heterocycles. The van der Waals surface area contributed by atoms with Crippen LogP contribution in [0.15, 0.2) is 23.0 Å². The van der Waals surface area contributed by atoms with Crippen LogP contribution in [0.1, 0.15) is 25.3 Å². The van der Waals surface area contributed by atoms with Gasteiger partial charge in [-0.05, 0) is 24.5 Å². The van der Waals surface area contributed by atoms with Gasteiger partial charge in [-0.3, -0.25) is 4.79 Å². The topological polar surface area (TPSA) is 30.2 Å². The van der Waals surface area contributed by atoms with Crippen LogP contribution in [0.3, 0.4) is 0 Å². The number of ketones is 1. The molecule has 1 saturated carbocycles. The van der Waals surface area contributed by atoms with Crippen LogP contribution in [-0.4, -0.2) is 5.78 Å². The third kappa shape index (κ3) is 1.29. The zero-order valence-electron chi connectivity index (χ0n) is 7.17. The Morgan fingerprint density at radius 3 is 2.92 bits per heavy atom. The summed E-state index contributed by atoms with van der Waals surface area (Å²) in [5.41, 5.74) is 0.991. The summed E-state index contributed by atoms with van der Waals surface area (Å²) in [6, 6.07) is 1.85. The molecule has 1 heterocycles. The molecule has 0 radical (unpaired) electrons. The van der Waals surface area contributed by atoms with Crippen LogP contribution in [0, 0.1) is 5.41 Å². The lowest BCUT2D eigenvalue weighted by Crippen LogP contribution is -2.13. The molecule has 2 heteroatoms. The number of hydrogen-bond acceptors (Lipinski definition) is 2. The Labute approximate surface area is 71.6 Å². The molecule has 0 atom stereocenters. The highest BCUT2D eigenvalue weighted by Gasteiger charge is 2.43. The predicted molar refractivity (Wildman–Crippen MR) is 44.8 cm³/mol. The molecule has 1 aromatic rings. The molecule has 0 unspecified atom stereocenters. The summed E-state index contributed by atoms with van der Waals surface area (Å²) in [6.07, 6.45) is 5.90. The fraction of sp³-hybridized carbons (Fsp3) is 0.500. The maximum Gasteiger partial charge on any atom is 0.143 e. The van der Waals surface area contributed by atoms with Crippen LogP contribution in [-0.2, 0) is 11.2 Å². The Hall–Kier alpha value is -1.05. The van der Waals surface area contributed by atoms with Crippen molar-refractivity contribution >= 4 is 5.78 Å². The van der Waals surface area contributed by atoms with E-state index in [1.165, 1.54) is 0 Å². The van der Waals surface area contributed by atoms with E-state index in [1.54, 1.807) is 12.5 Å². The Kier molecular flexibility index (Phi) is 1.56. The molecule has 12 heavy (non-hydrogen) atoms. The van der Waals surface area contributed by atoms with E-state index in [0.29, 0.717) is 12.2 Å². The van der Waals surface area contributed by atoms with Gasteiger partial charge in [0.1, 0.15) is 5.78 Å². The summed E-state index contributed by atoms with van der Waals surface area (Å²) in [4.78, 5) is 11.6. The lowest BCUT2D eigenvalue weighted by molar-refractivity contribution is -0.122. The Balaban J connectivity index is 2.00. The third-order valence-electron chi connectivity index (χ3n) is 2.62. The summed E-state index contributed by atoms with van der Waals surface area (Å²) in [7, 11) is 0. The maximum absolute atomic E-state index is 11.6. The van der Waals surface area contributed by atoms with E-state index in [1.807, 2.05) is 13.0 Å². The zero-order valence-corrected chi connectivity index (χ0v) is 7.17. The predicted octanol–water partition coefficient (Wildman–Crippen LogP) is 2.19. The molecule has 2 rings (SSSR count). The summed E-state index contributed by atoms with van der Waals surface area (Å²) in [5, 5.41) is 0. The number of carbonyl (C=O) groups is 1. The smallest absolute Gasteiger partial charge is 0.143 e. The summed E-state index contributed by atoms with van der Waals surface area (Å²) in [5.74, 6) is 0.351. The molecular formula is C10H12O2. The second-order valence-corrected chi connectivity index (χ2v) is 3.79. The molecule has 0 amide bonds. The van der Waals surface area contributed by atoms with Gasteiger partial charge >= 0.3 is 0 Å². The van der Waals surface area contributed by atoms with Crippen molar-refractivity contribution in [3.05, 3.63) is 24.2 Å². The number of carbonyl (C=O) groups excluding carboxylic acids is 1. The van der Waals surface area contributed by atoms with E-state index in [4.69, 9.17) is 4.42 Å². The van der Waals surface area contributed by atoms with Gasteiger partial charge in [-0.25, -0.2) is 0 Å². The number of hydrogen-bond donors (Lipinski definition) is 0. The highest BCUT2D eigenvalue weighted by atomic mass is 16.3. The SMILES string of the molecule is CC1(C(=O)Cc2ccoc2)CC1. The fourth-order valence-corrected chi connectivity index (χ4v) is 1.26. The molecule has 1 fully saturated rings. The van der Waals surface area contributed by atoms with Crippen molar-refractivity contribution in [3.8, 4) is 0 Å². The molecule has 0 aromatic carbocycles. The van der Waals surface area contributed by atoms with Gasteiger partial charge in [-0.1, -0.05) is 6.92 Å². The number of furan rings is 1. The Morgan fingerprint density at radius 1 is 1.67 bits per heavy atom. The van der Waals surface area contributed by atoms with Gasteiger partial charge in [0.25, 0.3) is 0 Å². The van der Waals surface area contributed by atoms with Crippen molar-refractivity contribution < 1.29 is 9.21 Å². The van der Waals surface area contributed by atoms with Gasteiger partial charge in [0.2, 0.25) is 0 Å². The molecular weight excluding hydrogens is 152 g/mol. The molecule has 0 bridgehead atoms. The van der Waals surface area contributed by atoms with Gasteiger partial charge in [0.05, 0.1) is 12.5 Å². The molecule has 0 spiro atoms. The van der Waals surface area contributed by atoms with Gasteiger partial charge in [0, 0.05) is 11.8 Å². The fourth-order valence-electron chi connectivity index (χ4n) is 1.26. The molecule has 64 valence electrons. The minimum atomic E-state index is -0.00271. The first-order chi connectivity index (χ1) is 5.71. The quantitative estimate of drug-likeness (QED) is 0.685. The van der Waals surface area contributed by atoms with Gasteiger partial charge in [0.15, 0.2) is 0 Å². The molecule has 1 aliphatic carbocycles. The van der Waals surface area contributed by atoms with Crippen molar-refractivity contribution in [2.45, 2.75) is 26.2 Å². The van der Waals surface area contributed by atoms with Crippen LogP contribution in [0.25, 0.3) is 0 Å². The summed E-state index contributed by atoms with van der Waals surface area (Å²) >= 11 is 0. The van der Waals surface area contributed by atoms with E-state index in [9.17, 15) is 4.79 Å². The zero-order chi connectivity index (χ0) is 8.60. The monoisotopic (exact) mass is 164 g/mol. The Morgan fingerprint density at radius 2 is 2.42 bits per heavy atom. The van der Waals surface area contributed by atoms with E-state index >= 15 is 0 Å². The van der Waals surface area contributed by atoms with E-state index in [0.717, 1.165) is 18.4 Å². The first-order valence-corrected chi connectivity index (χ1v) is 4.25. The number of Topliss-reactive ketones (excluding diaryl/α,β-unsaturated/α-hetero) is 1. The Bertz CT molecular complexity index is 281. The van der Waals surface area contributed by atoms with Gasteiger partial charge < -0.3 is 4.42 Å². The van der Waals surface area contributed by atoms with Crippen LogP contribution < -0.4 is 0 Å². The minimum absolute atomic E-state index is 0.00271. The average molecular weight is 164 g/mol. The van der Waals surface area contributed by atoms with E-state index < -0.39 is 0 Å². The van der Waals surface area contributed by atoms with Crippen molar-refractivity contribution in [3.63, 3.8) is 0 Å². The molecule has 1 aromatic heterocycles. The van der Waals surface area contributed by atoms with Crippen molar-refractivity contribution in [2.24, 2.45) is 5.41 Å². The second-order valence-electron chi connectivity index (χ2n) is 3.79. The van der Waals surface area contributed by atoms with Crippen molar-refractivity contribution in [1.82, 2.24) is 0 Å². The summed E-state index contributed by atoms with van der Waals surface area (Å²) < 4.78 is 4.90. The van der Waals surface area contributed by atoms with E-state index in [-0.39, 0.29) is 5.41 Å². The van der Waals surface area contributed by atoms with Gasteiger partial charge in [-0.15, -0.1) is 0 Å². The summed E-state index contributed by atoms with van der Waals surface area (Å²) in [6.45, 7) is 2.04. The minimum Gasteiger partial charge on any atom is -0.472 e. The molecule has 0 N–H and O–H groups in total. The standard InChI is InChI=1S/C10H12O2/c1-10(3-4-10)9(11)6-8-2-5-12-7-8/h2,5,7H,3-4,6H2,1H3. The van der Waals surface area contributed by atoms with Crippen molar-refractivity contribution in [1.29, 1.82) is 0 Å². The average Bonchev–Trinajstić information content (AvgIpc) is 2.63. The van der Waals surface area contributed by atoms with E-state index in [2.05, 4.69) is 0 Å². The van der Waals surface area contributed by atoms with Gasteiger partial charge in [-0.2, -0.15) is 0 Å². The molecule has 0 saturated heterocycles. The van der Waals surface area contributed by atoms with Crippen LogP contribution in [0.2, 0.25) is 0 Å². The third-order valence-corrected chi connectivity index (χ3v) is 2.62. The lowest BCUT2D eigenvalue weighted by Gasteiger charge is -2.03. The normalized spacial score (nSPS) is 19.1. The van der Waals surface area contributed by atoms with Crippen LogP contribution >= 0.6 is 0 Å². The van der Waals surface area contributed by atoms with Crippen LogP contribution in [0.4, 0.5) is 0 Å². The highest BCUT2D eigenvalue weighted by molar-refractivity contribution is 5.88. The van der Waals surface area contributed by atoms with Crippen LogP contribution in [0.5, 0.6) is 0 Å². The first kappa shape index (κ1) is 7.59. The highest BCUT2D eigenvalue weighted by Crippen LogP contribution is 2.46. The number of rotatable bonds is 3. The maximum atomic E-state index is 11.6. The van der Waals surface area contributed by atoms with Crippen molar-refractivity contribution in [2.75, 3.05) is 0 Å². The second kappa shape index (κ2) is 2.47. The largest absolute Gasteiger partial charge is 0.472 e. The lowest BCUT2D eigenvalue weighted by atomic mass is 9.99. The molecule has 1 aliphatic rings. The first-order valence-electron chi connectivity index (χ1n) is 4.25. The molecule has 2 nitrogen and oxygen atoms in total.